The molecule has 0 spiro atoms. The third-order valence-electron chi connectivity index (χ3n) is 4.96. The van der Waals surface area contributed by atoms with Gasteiger partial charge in [0.2, 0.25) is 0 Å². The lowest BCUT2D eigenvalue weighted by molar-refractivity contribution is 0.474. The minimum atomic E-state index is 0. The molecule has 0 bridgehead atoms. The number of aryl methyl sites for hydroxylation is 3. The van der Waals surface area contributed by atoms with E-state index < -0.39 is 0 Å². The van der Waals surface area contributed by atoms with E-state index in [0.29, 0.717) is 13.1 Å². The summed E-state index contributed by atoms with van der Waals surface area (Å²) >= 11 is 0. The lowest BCUT2D eigenvalue weighted by Crippen LogP contribution is -2.36. The third-order valence-corrected chi connectivity index (χ3v) is 4.96. The summed E-state index contributed by atoms with van der Waals surface area (Å²) in [5.41, 5.74) is 5.60. The highest BCUT2D eigenvalue weighted by atomic mass is 127. The van der Waals surface area contributed by atoms with Gasteiger partial charge < -0.3 is 15.4 Å². The smallest absolute Gasteiger partial charge is 0.191 e. The number of ether oxygens (including phenoxy) is 1. The van der Waals surface area contributed by atoms with Crippen LogP contribution < -0.4 is 15.4 Å². The van der Waals surface area contributed by atoms with Crippen LogP contribution in [0, 0.1) is 20.8 Å². The van der Waals surface area contributed by atoms with Crippen LogP contribution in [-0.4, -0.2) is 22.8 Å². The Morgan fingerprint density at radius 1 is 1.03 bits per heavy atom. The minimum absolute atomic E-state index is 0. The van der Waals surface area contributed by atoms with Crippen molar-refractivity contribution < 1.29 is 4.74 Å². The van der Waals surface area contributed by atoms with Crippen molar-refractivity contribution in [1.29, 1.82) is 0 Å². The number of halogens is 1. The summed E-state index contributed by atoms with van der Waals surface area (Å²) in [5, 5.41) is 11.2. The van der Waals surface area contributed by atoms with Crippen LogP contribution in [0.2, 0.25) is 0 Å². The molecule has 0 aliphatic rings. The molecule has 2 N–H and O–H groups in total. The number of guanidine groups is 1. The molecule has 1 aromatic heterocycles. The molecular formula is C23H30IN5O. The second-order valence-electron chi connectivity index (χ2n) is 7.08. The lowest BCUT2D eigenvalue weighted by Gasteiger charge is -2.15. The van der Waals surface area contributed by atoms with Crippen LogP contribution in [0.1, 0.15) is 28.1 Å². The predicted octanol–water partition coefficient (Wildman–Crippen LogP) is 4.62. The van der Waals surface area contributed by atoms with Gasteiger partial charge in [-0.15, -0.1) is 24.0 Å². The van der Waals surface area contributed by atoms with Gasteiger partial charge in [0, 0.05) is 44.0 Å². The molecule has 0 amide bonds. The van der Waals surface area contributed by atoms with Crippen LogP contribution in [0.15, 0.2) is 53.5 Å². The van der Waals surface area contributed by atoms with Crippen molar-refractivity contribution in [1.82, 2.24) is 20.4 Å². The van der Waals surface area contributed by atoms with Crippen molar-refractivity contribution in [2.45, 2.75) is 33.9 Å². The van der Waals surface area contributed by atoms with E-state index in [-0.39, 0.29) is 24.0 Å². The second-order valence-corrected chi connectivity index (χ2v) is 7.08. The van der Waals surface area contributed by atoms with E-state index in [1.165, 1.54) is 5.56 Å². The molecule has 7 heteroatoms. The Hall–Kier alpha value is -2.55. The highest BCUT2D eigenvalue weighted by Gasteiger charge is 2.11. The molecule has 160 valence electrons. The first-order valence-electron chi connectivity index (χ1n) is 9.74. The molecule has 6 nitrogen and oxygen atoms in total. The summed E-state index contributed by atoms with van der Waals surface area (Å²) in [5.74, 6) is 2.40. The van der Waals surface area contributed by atoms with Gasteiger partial charge in [-0.1, -0.05) is 30.3 Å². The van der Waals surface area contributed by atoms with Crippen LogP contribution in [0.4, 0.5) is 0 Å². The maximum Gasteiger partial charge on any atom is 0.191 e. The van der Waals surface area contributed by atoms with Gasteiger partial charge in [-0.3, -0.25) is 9.67 Å². The fourth-order valence-electron chi connectivity index (χ4n) is 3.16. The van der Waals surface area contributed by atoms with Gasteiger partial charge in [-0.05, 0) is 44.5 Å². The maximum absolute atomic E-state index is 6.11. The molecule has 0 saturated carbocycles. The zero-order chi connectivity index (χ0) is 20.8. The molecule has 0 saturated heterocycles. The topological polar surface area (TPSA) is 63.5 Å². The number of rotatable bonds is 6. The Morgan fingerprint density at radius 3 is 2.37 bits per heavy atom. The van der Waals surface area contributed by atoms with Gasteiger partial charge in [0.15, 0.2) is 5.96 Å². The molecule has 3 aromatic rings. The summed E-state index contributed by atoms with van der Waals surface area (Å²) in [6.07, 6.45) is 0. The van der Waals surface area contributed by atoms with Crippen molar-refractivity contribution in [3.05, 3.63) is 76.6 Å². The molecule has 0 aliphatic heterocycles. The number of hydrogen-bond acceptors (Lipinski definition) is 3. The fraction of sp³-hybridized carbons (Fsp3) is 0.304. The molecule has 2 aromatic carbocycles. The highest BCUT2D eigenvalue weighted by molar-refractivity contribution is 14.0. The Morgan fingerprint density at radius 2 is 1.73 bits per heavy atom. The number of para-hydroxylation sites is 1. The molecule has 0 aliphatic carbocycles. The summed E-state index contributed by atoms with van der Waals surface area (Å²) in [7, 11) is 3.74. The van der Waals surface area contributed by atoms with Gasteiger partial charge in [0.1, 0.15) is 11.5 Å². The summed E-state index contributed by atoms with van der Waals surface area (Å²) in [4.78, 5) is 4.34. The van der Waals surface area contributed by atoms with E-state index in [2.05, 4.69) is 52.8 Å². The Bertz CT molecular complexity index is 998. The standard InChI is InChI=1S/C23H29N5O.HI/c1-16-11-12-19(22(13-16)29-20-9-7-6-8-10-20)14-25-23(24-4)26-15-21-17(2)27-28(5)18(21)3;/h6-13H,14-15H2,1-5H3,(H2,24,25,26);1H. The largest absolute Gasteiger partial charge is 0.457 e. The first-order valence-corrected chi connectivity index (χ1v) is 9.74. The number of aliphatic imine (C=N–C) groups is 1. The van der Waals surface area contributed by atoms with Gasteiger partial charge in [-0.2, -0.15) is 5.10 Å². The average Bonchev–Trinajstić information content (AvgIpc) is 2.95. The van der Waals surface area contributed by atoms with Crippen molar-refractivity contribution in [3.63, 3.8) is 0 Å². The van der Waals surface area contributed by atoms with Crippen molar-refractivity contribution >= 4 is 29.9 Å². The maximum atomic E-state index is 6.11. The van der Waals surface area contributed by atoms with E-state index in [9.17, 15) is 0 Å². The zero-order valence-electron chi connectivity index (χ0n) is 18.2. The van der Waals surface area contributed by atoms with Gasteiger partial charge in [0.25, 0.3) is 0 Å². The summed E-state index contributed by atoms with van der Waals surface area (Å²) in [6, 6.07) is 16.1. The molecule has 30 heavy (non-hydrogen) atoms. The van der Waals surface area contributed by atoms with Crippen LogP contribution in [0.3, 0.4) is 0 Å². The zero-order valence-corrected chi connectivity index (χ0v) is 20.5. The quantitative estimate of drug-likeness (QED) is 0.284. The monoisotopic (exact) mass is 519 g/mol. The van der Waals surface area contributed by atoms with E-state index in [1.54, 1.807) is 7.05 Å². The normalized spacial score (nSPS) is 11.0. The highest BCUT2D eigenvalue weighted by Crippen LogP contribution is 2.26. The number of aromatic nitrogens is 2. The number of nitrogens with zero attached hydrogens (tertiary/aromatic N) is 3. The molecule has 0 unspecified atom stereocenters. The number of benzene rings is 2. The van der Waals surface area contributed by atoms with Crippen LogP contribution in [-0.2, 0) is 20.1 Å². The molecule has 0 atom stereocenters. The number of hydrogen-bond donors (Lipinski definition) is 2. The molecule has 0 radical (unpaired) electrons. The van der Waals surface area contributed by atoms with Gasteiger partial charge in [0.05, 0.1) is 5.69 Å². The van der Waals surface area contributed by atoms with Crippen LogP contribution in [0.25, 0.3) is 0 Å². The summed E-state index contributed by atoms with van der Waals surface area (Å²) < 4.78 is 8.01. The van der Waals surface area contributed by atoms with Gasteiger partial charge >= 0.3 is 0 Å². The minimum Gasteiger partial charge on any atom is -0.457 e. The van der Waals surface area contributed by atoms with Crippen LogP contribution >= 0.6 is 24.0 Å². The number of nitrogens with one attached hydrogen (secondary N) is 2. The average molecular weight is 519 g/mol. The second kappa shape index (κ2) is 11.0. The first-order chi connectivity index (χ1) is 14.0. The first kappa shape index (κ1) is 23.7. The van der Waals surface area contributed by atoms with E-state index in [0.717, 1.165) is 40.0 Å². The van der Waals surface area contributed by atoms with Crippen molar-refractivity contribution in [2.24, 2.45) is 12.0 Å². The molecule has 0 fully saturated rings. The third kappa shape index (κ3) is 5.98. The fourth-order valence-corrected chi connectivity index (χ4v) is 3.16. The summed E-state index contributed by atoms with van der Waals surface area (Å²) in [6.45, 7) is 7.44. The Labute approximate surface area is 195 Å². The molecule has 3 rings (SSSR count). The van der Waals surface area contributed by atoms with E-state index >= 15 is 0 Å². The Balaban J connectivity index is 0.00000320. The van der Waals surface area contributed by atoms with Crippen molar-refractivity contribution in [2.75, 3.05) is 7.05 Å². The lowest BCUT2D eigenvalue weighted by atomic mass is 10.1. The predicted molar refractivity (Wildman–Crippen MR) is 133 cm³/mol. The molecule has 1 heterocycles. The van der Waals surface area contributed by atoms with Gasteiger partial charge in [-0.25, -0.2) is 0 Å². The Kier molecular flexibility index (Phi) is 8.71. The SMILES string of the molecule is CN=C(NCc1ccc(C)cc1Oc1ccccc1)NCc1c(C)nn(C)c1C.I. The van der Waals surface area contributed by atoms with E-state index in [1.807, 2.05) is 49.0 Å². The molecular weight excluding hydrogens is 489 g/mol. The van der Waals surface area contributed by atoms with E-state index in [4.69, 9.17) is 4.74 Å². The van der Waals surface area contributed by atoms with Crippen LogP contribution in [0.5, 0.6) is 11.5 Å². The van der Waals surface area contributed by atoms with Crippen molar-refractivity contribution in [3.8, 4) is 11.5 Å².